The number of rotatable bonds is 45. The Morgan fingerprint density at radius 3 is 0.724 bits per heavy atom. The van der Waals surface area contributed by atoms with Crippen LogP contribution in [0.5, 0.6) is 0 Å². The number of amides is 2. The lowest BCUT2D eigenvalue weighted by Crippen LogP contribution is -2.50. The van der Waals surface area contributed by atoms with Crippen LogP contribution < -0.4 is 22.1 Å². The average molecular weight is 1170 g/mol. The maximum absolute atomic E-state index is 12.9. The van der Waals surface area contributed by atoms with Crippen molar-refractivity contribution >= 4 is 79.8 Å². The Morgan fingerprint density at radius 2 is 0.487 bits per heavy atom. The number of quaternary nitrogens is 2. The zero-order valence-corrected chi connectivity index (χ0v) is 48.4. The smallest absolute Gasteiger partial charge is 0.261 e. The second kappa shape index (κ2) is 38.3. The van der Waals surface area contributed by atoms with Crippen LogP contribution in [0.4, 0.5) is 0 Å². The minimum atomic E-state index is -0.0691. The third-order valence-corrected chi connectivity index (χ3v) is 18.3. The quantitative estimate of drug-likeness (QED) is 0.0268. The highest BCUT2D eigenvalue weighted by atomic mass is 32.1. The molecular formula is C54H76N4O12S6+2. The van der Waals surface area contributed by atoms with Crippen molar-refractivity contribution in [2.24, 2.45) is 0 Å². The number of carbonyl (C=O) groups excluding carboxylic acids is 2. The lowest BCUT2D eigenvalue weighted by atomic mass is 10.3. The van der Waals surface area contributed by atoms with Gasteiger partial charge in [0, 0.05) is 87.9 Å². The topological polar surface area (TPSA) is 206 Å². The molecule has 0 saturated carbocycles. The van der Waals surface area contributed by atoms with Crippen LogP contribution in [0.1, 0.15) is 45.0 Å². The summed E-state index contributed by atoms with van der Waals surface area (Å²) < 4.78 is 55.3. The van der Waals surface area contributed by atoms with E-state index in [2.05, 4.69) is 70.6 Å². The third kappa shape index (κ3) is 23.6. The van der Waals surface area contributed by atoms with Crippen LogP contribution in [0.3, 0.4) is 0 Å². The van der Waals surface area contributed by atoms with Gasteiger partial charge >= 0.3 is 0 Å². The van der Waals surface area contributed by atoms with Gasteiger partial charge < -0.3 is 69.5 Å². The predicted octanol–water partition coefficient (Wildman–Crippen LogP) is 8.06. The molecule has 0 atom stereocenters. The van der Waals surface area contributed by atoms with Crippen LogP contribution in [0.2, 0.25) is 0 Å². The molecule has 418 valence electrons. The molecule has 0 saturated heterocycles. The fourth-order valence-electron chi connectivity index (χ4n) is 6.89. The van der Waals surface area contributed by atoms with E-state index < -0.39 is 0 Å². The standard InChI is InChI=1S/C54H74N4O12S6/c55-17-1-21-61-25-29-65-33-37-69-39-35-67-31-27-63-23-3-19-57-53(59)51-15-13-49(75-51)47-11-9-45(73-47)43-7-5-41(71-43)42-6-8-44(72-42)46-10-12-48(74-46)50-14-16-52(76-50)54(60)58-20-4-24-64-28-32-68-36-40-70-38-34-66-30-26-62-22-2-18-56/h5-16H,1-4,17-40,55-56H2,(H,57,59)(H,58,60)/p+2. The molecular weight excluding hydrogens is 1090 g/mol. The lowest BCUT2D eigenvalue weighted by Gasteiger charge is -2.08. The predicted molar refractivity (Wildman–Crippen MR) is 308 cm³/mol. The van der Waals surface area contributed by atoms with Gasteiger partial charge in [-0.3, -0.25) is 9.59 Å². The Hall–Kier alpha value is -3.34. The number of hydrogen-bond donors (Lipinski definition) is 4. The van der Waals surface area contributed by atoms with Crippen molar-refractivity contribution in [3.8, 4) is 48.8 Å². The summed E-state index contributed by atoms with van der Waals surface area (Å²) in [5.74, 6) is -0.138. The molecule has 0 radical (unpaired) electrons. The first-order valence-electron chi connectivity index (χ1n) is 26.1. The summed E-state index contributed by atoms with van der Waals surface area (Å²) in [7, 11) is 0. The molecule has 8 N–H and O–H groups in total. The van der Waals surface area contributed by atoms with E-state index in [0.29, 0.717) is 142 Å². The van der Waals surface area contributed by atoms with Crippen molar-refractivity contribution in [3.05, 3.63) is 82.6 Å². The maximum Gasteiger partial charge on any atom is 0.261 e. The minimum absolute atomic E-state index is 0.0691. The maximum atomic E-state index is 12.9. The van der Waals surface area contributed by atoms with Gasteiger partial charge in [0.25, 0.3) is 11.8 Å². The van der Waals surface area contributed by atoms with E-state index in [-0.39, 0.29) is 11.8 Å². The summed E-state index contributed by atoms with van der Waals surface area (Å²) >= 11 is 10.1. The minimum Gasteiger partial charge on any atom is -0.379 e. The molecule has 0 aliphatic rings. The van der Waals surface area contributed by atoms with Crippen molar-refractivity contribution in [2.45, 2.75) is 25.7 Å². The van der Waals surface area contributed by atoms with Gasteiger partial charge in [-0.05, 0) is 85.6 Å². The Labute approximate surface area is 471 Å². The van der Waals surface area contributed by atoms with Gasteiger partial charge in [-0.2, -0.15) is 0 Å². The fourth-order valence-corrected chi connectivity index (χ4v) is 13.2. The highest BCUT2D eigenvalue weighted by Gasteiger charge is 2.16. The van der Waals surface area contributed by atoms with E-state index >= 15 is 0 Å². The van der Waals surface area contributed by atoms with Gasteiger partial charge in [0.15, 0.2) is 0 Å². The summed E-state index contributed by atoms with van der Waals surface area (Å²) in [6, 6.07) is 25.3. The fraction of sp³-hybridized carbons (Fsp3) is 0.519. The lowest BCUT2D eigenvalue weighted by molar-refractivity contribution is -0.369. The van der Waals surface area contributed by atoms with Crippen LogP contribution in [-0.4, -0.2) is 170 Å². The van der Waals surface area contributed by atoms with Gasteiger partial charge in [0.2, 0.25) is 0 Å². The molecule has 0 aliphatic carbocycles. The van der Waals surface area contributed by atoms with Gasteiger partial charge in [-0.15, -0.1) is 68.0 Å². The molecule has 16 nitrogen and oxygen atoms in total. The van der Waals surface area contributed by atoms with Gasteiger partial charge in [-0.25, -0.2) is 0 Å². The number of hydrogen-bond acceptors (Lipinski definition) is 18. The molecule has 6 aromatic rings. The average Bonchev–Trinajstić information content (AvgIpc) is 4.31. The molecule has 0 fully saturated rings. The molecule has 2 amide bonds. The van der Waals surface area contributed by atoms with E-state index in [4.69, 9.17) is 47.4 Å². The molecule has 6 heterocycles. The normalized spacial score (nSPS) is 11.6. The second-order valence-electron chi connectivity index (χ2n) is 16.7. The molecule has 6 aromatic heterocycles. The Balaban J connectivity index is 0.800. The molecule has 0 aromatic carbocycles. The zero-order valence-electron chi connectivity index (χ0n) is 43.5. The van der Waals surface area contributed by atoms with Crippen LogP contribution in [0.15, 0.2) is 72.8 Å². The van der Waals surface area contributed by atoms with E-state index in [1.165, 1.54) is 51.9 Å². The highest BCUT2D eigenvalue weighted by molar-refractivity contribution is 7.30. The van der Waals surface area contributed by atoms with Gasteiger partial charge in [0.1, 0.15) is 0 Å². The number of ether oxygens (including phenoxy) is 10. The van der Waals surface area contributed by atoms with Crippen molar-refractivity contribution in [2.75, 3.05) is 158 Å². The first kappa shape index (κ1) is 61.9. The van der Waals surface area contributed by atoms with Crippen molar-refractivity contribution in [1.29, 1.82) is 0 Å². The monoisotopic (exact) mass is 1160 g/mol. The third-order valence-electron chi connectivity index (χ3n) is 10.9. The molecule has 76 heavy (non-hydrogen) atoms. The first-order chi connectivity index (χ1) is 37.5. The summed E-state index contributed by atoms with van der Waals surface area (Å²) in [6.07, 6.45) is 3.38. The summed E-state index contributed by atoms with van der Waals surface area (Å²) in [6.45, 7) is 13.8. The van der Waals surface area contributed by atoms with Crippen molar-refractivity contribution < 1.29 is 68.4 Å². The first-order valence-corrected chi connectivity index (χ1v) is 31.0. The second-order valence-corrected chi connectivity index (χ2v) is 23.2. The number of carbonyl (C=O) groups is 2. The van der Waals surface area contributed by atoms with Gasteiger partial charge in [0.05, 0.1) is 142 Å². The van der Waals surface area contributed by atoms with Crippen LogP contribution in [0.25, 0.3) is 48.8 Å². The molecule has 22 heteroatoms. The molecule has 0 unspecified atom stereocenters. The van der Waals surface area contributed by atoms with Crippen LogP contribution in [-0.2, 0) is 47.4 Å². The molecule has 0 aliphatic heterocycles. The van der Waals surface area contributed by atoms with Crippen molar-refractivity contribution in [1.82, 2.24) is 10.6 Å². The zero-order chi connectivity index (χ0) is 53.1. The SMILES string of the molecule is [NH3+]CCCOCCOCCOCCOCCOCCCNC(=O)c1ccc(-c2ccc(-c3ccc(-c4ccc(-c5ccc(-c6ccc(C(=O)NCCCOCCOCCOCCOCCOCCC[NH3+])s6)s5)s4)s3)s2)s1. The number of thiophene rings is 6. The molecule has 6 rings (SSSR count). The summed E-state index contributed by atoms with van der Waals surface area (Å²) in [4.78, 5) is 39.0. The van der Waals surface area contributed by atoms with Gasteiger partial charge in [-0.1, -0.05) is 0 Å². The Kier molecular flexibility index (Phi) is 31.2. The number of nitrogens with one attached hydrogen (secondary N) is 2. The summed E-state index contributed by atoms with van der Waals surface area (Å²) in [5.41, 5.74) is 7.58. The largest absolute Gasteiger partial charge is 0.379 e. The van der Waals surface area contributed by atoms with E-state index in [1.54, 1.807) is 45.3 Å². The Bertz CT molecular complexity index is 2300. The van der Waals surface area contributed by atoms with E-state index in [1.807, 2.05) is 24.3 Å². The van der Waals surface area contributed by atoms with E-state index in [9.17, 15) is 9.59 Å². The van der Waals surface area contributed by atoms with Crippen LogP contribution >= 0.6 is 68.0 Å². The Morgan fingerprint density at radius 1 is 0.289 bits per heavy atom. The van der Waals surface area contributed by atoms with Crippen LogP contribution in [0, 0.1) is 0 Å². The molecule has 0 bridgehead atoms. The highest BCUT2D eigenvalue weighted by Crippen LogP contribution is 2.46. The van der Waals surface area contributed by atoms with E-state index in [0.717, 1.165) is 71.5 Å². The molecule has 0 spiro atoms. The van der Waals surface area contributed by atoms with Crippen molar-refractivity contribution in [3.63, 3.8) is 0 Å². The summed E-state index contributed by atoms with van der Waals surface area (Å²) in [5, 5.41) is 6.04.